The van der Waals surface area contributed by atoms with Crippen LogP contribution in [0.5, 0.6) is 0 Å². The number of alkyl halides is 3. The van der Waals surface area contributed by atoms with Crippen molar-refractivity contribution in [2.45, 2.75) is 25.4 Å². The molecule has 0 bridgehead atoms. The Balaban J connectivity index is 2.21. The number of hydrogen-bond donors (Lipinski definition) is 1. The van der Waals surface area contributed by atoms with E-state index >= 15 is 0 Å². The van der Waals surface area contributed by atoms with Gasteiger partial charge in [-0.25, -0.2) is 0 Å². The van der Waals surface area contributed by atoms with Gasteiger partial charge < -0.3 is 5.73 Å². The maximum atomic E-state index is 12.1. The molecule has 0 aliphatic heterocycles. The summed E-state index contributed by atoms with van der Waals surface area (Å²) in [6.45, 7) is 0.339. The van der Waals surface area contributed by atoms with Crippen LogP contribution in [0.4, 0.5) is 13.2 Å². The van der Waals surface area contributed by atoms with Gasteiger partial charge in [-0.15, -0.1) is 0 Å². The van der Waals surface area contributed by atoms with E-state index in [0.29, 0.717) is 25.6 Å². The predicted molar refractivity (Wildman–Crippen MR) is 48.9 cm³/mol. The molecule has 0 amide bonds. The molecule has 2 N–H and O–H groups in total. The van der Waals surface area contributed by atoms with Crippen molar-refractivity contribution < 1.29 is 13.2 Å². The first-order chi connectivity index (χ1) is 6.51. The molecule has 1 rings (SSSR count). The molecule has 1 aliphatic rings. The van der Waals surface area contributed by atoms with Crippen LogP contribution in [0.25, 0.3) is 0 Å². The summed E-state index contributed by atoms with van der Waals surface area (Å²) in [5.74, 6) is 0.670. The van der Waals surface area contributed by atoms with E-state index in [9.17, 15) is 13.2 Å². The monoisotopic (exact) mass is 210 g/mol. The molecule has 5 heteroatoms. The van der Waals surface area contributed by atoms with Gasteiger partial charge in [0.2, 0.25) is 0 Å². The normalized spacial score (nSPS) is 17.8. The minimum absolute atomic E-state index is 0.292. The van der Waals surface area contributed by atoms with Crippen LogP contribution >= 0.6 is 0 Å². The third-order valence-electron chi connectivity index (χ3n) is 2.40. The molecule has 1 saturated carbocycles. The molecule has 2 nitrogen and oxygen atoms in total. The number of rotatable bonds is 6. The molecule has 14 heavy (non-hydrogen) atoms. The van der Waals surface area contributed by atoms with Crippen LogP contribution < -0.4 is 5.73 Å². The largest absolute Gasteiger partial charge is 0.401 e. The van der Waals surface area contributed by atoms with E-state index in [1.807, 2.05) is 0 Å². The van der Waals surface area contributed by atoms with Crippen molar-refractivity contribution in [3.63, 3.8) is 0 Å². The lowest BCUT2D eigenvalue weighted by Gasteiger charge is -2.22. The van der Waals surface area contributed by atoms with E-state index in [0.717, 1.165) is 6.42 Å². The average molecular weight is 210 g/mol. The standard InChI is InChI=1S/C9H17F3N2/c10-9(11,12)7-14(6-4-13)5-3-8-1-2-8/h8H,1-7,13H2. The van der Waals surface area contributed by atoms with Crippen LogP contribution in [0.1, 0.15) is 19.3 Å². The second-order valence-electron chi connectivity index (χ2n) is 3.91. The van der Waals surface area contributed by atoms with Gasteiger partial charge in [0.05, 0.1) is 6.54 Å². The second-order valence-corrected chi connectivity index (χ2v) is 3.91. The molecule has 1 fully saturated rings. The lowest BCUT2D eigenvalue weighted by atomic mass is 10.2. The molecule has 0 aromatic heterocycles. The van der Waals surface area contributed by atoms with Crippen molar-refractivity contribution in [2.24, 2.45) is 11.7 Å². The van der Waals surface area contributed by atoms with Crippen LogP contribution in [0.3, 0.4) is 0 Å². The van der Waals surface area contributed by atoms with Gasteiger partial charge in [-0.3, -0.25) is 4.90 Å². The summed E-state index contributed by atoms with van der Waals surface area (Å²) in [6, 6.07) is 0. The molecule has 0 radical (unpaired) electrons. The fraction of sp³-hybridized carbons (Fsp3) is 1.00. The SMILES string of the molecule is NCCN(CCC1CC1)CC(F)(F)F. The minimum Gasteiger partial charge on any atom is -0.329 e. The second kappa shape index (κ2) is 4.98. The van der Waals surface area contributed by atoms with Gasteiger partial charge in [0.1, 0.15) is 0 Å². The Morgan fingerprint density at radius 2 is 1.86 bits per heavy atom. The van der Waals surface area contributed by atoms with Gasteiger partial charge >= 0.3 is 6.18 Å². The van der Waals surface area contributed by atoms with Crippen molar-refractivity contribution in [3.05, 3.63) is 0 Å². The zero-order chi connectivity index (χ0) is 10.6. The summed E-state index contributed by atoms with van der Waals surface area (Å²) >= 11 is 0. The van der Waals surface area contributed by atoms with Gasteiger partial charge in [0, 0.05) is 13.1 Å². The highest BCUT2D eigenvalue weighted by Gasteiger charge is 2.31. The van der Waals surface area contributed by atoms with Crippen molar-refractivity contribution in [1.82, 2.24) is 4.90 Å². The quantitative estimate of drug-likeness (QED) is 0.721. The molecule has 1 aliphatic carbocycles. The number of nitrogens with two attached hydrogens (primary N) is 1. The molecule has 0 aromatic rings. The maximum Gasteiger partial charge on any atom is 0.401 e. The summed E-state index contributed by atoms with van der Waals surface area (Å²) in [5.41, 5.74) is 5.26. The zero-order valence-corrected chi connectivity index (χ0v) is 8.19. The summed E-state index contributed by atoms with van der Waals surface area (Å²) in [4.78, 5) is 1.40. The van der Waals surface area contributed by atoms with Crippen LogP contribution in [-0.4, -0.2) is 37.3 Å². The van der Waals surface area contributed by atoms with Crippen LogP contribution in [0, 0.1) is 5.92 Å². The zero-order valence-electron chi connectivity index (χ0n) is 8.19. The molecule has 0 atom stereocenters. The Labute approximate surface area is 82.2 Å². The highest BCUT2D eigenvalue weighted by atomic mass is 19.4. The fourth-order valence-corrected chi connectivity index (χ4v) is 1.48. The van der Waals surface area contributed by atoms with Crippen LogP contribution in [0.2, 0.25) is 0 Å². The van der Waals surface area contributed by atoms with E-state index in [-0.39, 0.29) is 0 Å². The Hall–Kier alpha value is -0.290. The predicted octanol–water partition coefficient (Wildman–Crippen LogP) is 1.61. The third-order valence-corrected chi connectivity index (χ3v) is 2.40. The summed E-state index contributed by atoms with van der Waals surface area (Å²) in [7, 11) is 0. The summed E-state index contributed by atoms with van der Waals surface area (Å²) in [6.07, 6.45) is -0.847. The first-order valence-electron chi connectivity index (χ1n) is 5.00. The topological polar surface area (TPSA) is 29.3 Å². The van der Waals surface area contributed by atoms with Crippen molar-refractivity contribution in [1.29, 1.82) is 0 Å². The maximum absolute atomic E-state index is 12.1. The number of hydrogen-bond acceptors (Lipinski definition) is 2. The fourth-order valence-electron chi connectivity index (χ4n) is 1.48. The first kappa shape index (κ1) is 11.8. The molecule has 0 saturated heterocycles. The van der Waals surface area contributed by atoms with E-state index < -0.39 is 12.7 Å². The van der Waals surface area contributed by atoms with Crippen LogP contribution in [-0.2, 0) is 0 Å². The van der Waals surface area contributed by atoms with Crippen molar-refractivity contribution >= 4 is 0 Å². The van der Waals surface area contributed by atoms with E-state index in [1.54, 1.807) is 0 Å². The highest BCUT2D eigenvalue weighted by Crippen LogP contribution is 2.32. The van der Waals surface area contributed by atoms with Crippen molar-refractivity contribution in [2.75, 3.05) is 26.2 Å². The Morgan fingerprint density at radius 1 is 1.21 bits per heavy atom. The van der Waals surface area contributed by atoms with Gasteiger partial charge in [-0.2, -0.15) is 13.2 Å². The Morgan fingerprint density at radius 3 is 2.29 bits per heavy atom. The molecule has 0 heterocycles. The number of nitrogens with zero attached hydrogens (tertiary/aromatic N) is 1. The molecule has 0 unspecified atom stereocenters. The Kier molecular flexibility index (Phi) is 4.19. The molecular weight excluding hydrogens is 193 g/mol. The first-order valence-corrected chi connectivity index (χ1v) is 5.00. The summed E-state index contributed by atoms with van der Waals surface area (Å²) in [5, 5.41) is 0. The van der Waals surface area contributed by atoms with Crippen LogP contribution in [0.15, 0.2) is 0 Å². The molecule has 0 aromatic carbocycles. The van der Waals surface area contributed by atoms with Gasteiger partial charge in [-0.1, -0.05) is 12.8 Å². The van der Waals surface area contributed by atoms with E-state index in [4.69, 9.17) is 5.73 Å². The highest BCUT2D eigenvalue weighted by molar-refractivity contribution is 4.75. The lowest BCUT2D eigenvalue weighted by molar-refractivity contribution is -0.145. The molecular formula is C9H17F3N2. The third kappa shape index (κ3) is 5.44. The molecule has 84 valence electrons. The summed E-state index contributed by atoms with van der Waals surface area (Å²) < 4.78 is 36.3. The Bertz CT molecular complexity index is 166. The minimum atomic E-state index is -4.10. The van der Waals surface area contributed by atoms with Crippen molar-refractivity contribution in [3.8, 4) is 0 Å². The van der Waals surface area contributed by atoms with Gasteiger partial charge in [-0.05, 0) is 18.9 Å². The molecule has 0 spiro atoms. The van der Waals surface area contributed by atoms with E-state index in [2.05, 4.69) is 0 Å². The number of halogens is 3. The van der Waals surface area contributed by atoms with Gasteiger partial charge in [0.15, 0.2) is 0 Å². The van der Waals surface area contributed by atoms with Gasteiger partial charge in [0.25, 0.3) is 0 Å². The lowest BCUT2D eigenvalue weighted by Crippen LogP contribution is -2.38. The smallest absolute Gasteiger partial charge is 0.329 e. The average Bonchev–Trinajstić information content (AvgIpc) is 2.80. The van der Waals surface area contributed by atoms with E-state index in [1.165, 1.54) is 17.7 Å².